The molecule has 1 saturated heterocycles. The van der Waals surface area contributed by atoms with Crippen LogP contribution in [0.5, 0.6) is 6.01 Å². The van der Waals surface area contributed by atoms with Crippen LogP contribution in [0.3, 0.4) is 0 Å². The number of hydrogen-bond acceptors (Lipinski definition) is 8. The van der Waals surface area contributed by atoms with Gasteiger partial charge >= 0.3 is 18.2 Å². The maximum absolute atomic E-state index is 14.4. The van der Waals surface area contributed by atoms with E-state index >= 15 is 0 Å². The maximum Gasteiger partial charge on any atom is 0.414 e. The van der Waals surface area contributed by atoms with Crippen LogP contribution in [0, 0.1) is 0 Å². The first-order valence-electron chi connectivity index (χ1n) is 12.9. The summed E-state index contributed by atoms with van der Waals surface area (Å²) in [5.74, 6) is 0. The van der Waals surface area contributed by atoms with Crippen LogP contribution >= 0.6 is 0 Å². The van der Waals surface area contributed by atoms with E-state index in [1.54, 1.807) is 48.7 Å². The molecule has 0 saturated carbocycles. The van der Waals surface area contributed by atoms with Crippen LogP contribution in [0.25, 0.3) is 22.3 Å². The van der Waals surface area contributed by atoms with Gasteiger partial charge in [-0.05, 0) is 18.2 Å². The van der Waals surface area contributed by atoms with Crippen LogP contribution in [-0.2, 0) is 6.54 Å². The van der Waals surface area contributed by atoms with Crippen molar-refractivity contribution in [3.63, 3.8) is 0 Å². The zero-order chi connectivity index (χ0) is 28.0. The molecule has 2 amide bonds. The Kier molecular flexibility index (Phi) is 6.53. The van der Waals surface area contributed by atoms with Gasteiger partial charge in [0, 0.05) is 75.1 Å². The van der Waals surface area contributed by atoms with Crippen LogP contribution in [0.1, 0.15) is 12.0 Å². The van der Waals surface area contributed by atoms with Crippen molar-refractivity contribution in [2.75, 3.05) is 45.2 Å². The SMILES string of the molecule is COc1ncc(-c2ccc3ncc4c(c3n2)N(C2C=CC(N3CCNCC3)=C(C(F)(F)F)C2)C(=O)N(C)C4)cn1. The number of methoxy groups -OCH3 is 1. The number of hydrogen-bond donors (Lipinski definition) is 1. The molecule has 40 heavy (non-hydrogen) atoms. The fourth-order valence-corrected chi connectivity index (χ4v) is 5.43. The summed E-state index contributed by atoms with van der Waals surface area (Å²) in [7, 11) is 3.09. The zero-order valence-electron chi connectivity index (χ0n) is 21.9. The van der Waals surface area contributed by atoms with Crippen LogP contribution < -0.4 is 15.0 Å². The lowest BCUT2D eigenvalue weighted by molar-refractivity contribution is -0.0965. The summed E-state index contributed by atoms with van der Waals surface area (Å²) in [6, 6.07) is 2.47. The third-order valence-corrected chi connectivity index (χ3v) is 7.38. The standard InChI is InChI=1S/C27H27F3N8O2/c1-36-15-17-14-32-21-5-4-20(16-12-33-25(40-2)34-13-16)35-23(21)24(17)38(26(36)39)18-3-6-22(19(11-18)27(28,29)30)37-9-7-31-8-10-37/h3-6,12-14,18,31H,7-11,15H2,1-2H3. The van der Waals surface area contributed by atoms with Gasteiger partial charge in [-0.25, -0.2) is 19.7 Å². The number of nitrogens with one attached hydrogen (secondary N) is 1. The van der Waals surface area contributed by atoms with Crippen molar-refractivity contribution in [2.24, 2.45) is 0 Å². The quantitative estimate of drug-likeness (QED) is 0.525. The largest absolute Gasteiger partial charge is 0.467 e. The molecule has 3 aromatic heterocycles. The number of nitrogens with zero attached hydrogens (tertiary/aromatic N) is 7. The van der Waals surface area contributed by atoms with Crippen molar-refractivity contribution >= 4 is 22.8 Å². The summed E-state index contributed by atoms with van der Waals surface area (Å²) in [4.78, 5) is 35.9. The lowest BCUT2D eigenvalue weighted by Gasteiger charge is -2.41. The first-order valence-corrected chi connectivity index (χ1v) is 12.9. The summed E-state index contributed by atoms with van der Waals surface area (Å²) in [6.07, 6.45) is 3.10. The molecule has 2 aliphatic heterocycles. The summed E-state index contributed by atoms with van der Waals surface area (Å²) in [5, 5.41) is 3.17. The number of alkyl halides is 3. The monoisotopic (exact) mass is 552 g/mol. The first-order chi connectivity index (χ1) is 19.2. The lowest BCUT2D eigenvalue weighted by atomic mass is 9.93. The molecule has 6 rings (SSSR count). The highest BCUT2D eigenvalue weighted by molar-refractivity contribution is 6.04. The van der Waals surface area contributed by atoms with Crippen LogP contribution in [-0.4, -0.2) is 88.3 Å². The van der Waals surface area contributed by atoms with E-state index in [9.17, 15) is 18.0 Å². The number of fused-ring (bicyclic) bond motifs is 3. The summed E-state index contributed by atoms with van der Waals surface area (Å²) >= 11 is 0. The van der Waals surface area contributed by atoms with Gasteiger partial charge in [0.05, 0.1) is 42.2 Å². The minimum Gasteiger partial charge on any atom is -0.467 e. The van der Waals surface area contributed by atoms with Crippen molar-refractivity contribution in [1.29, 1.82) is 0 Å². The maximum atomic E-state index is 14.4. The molecule has 5 heterocycles. The zero-order valence-corrected chi connectivity index (χ0v) is 21.9. The molecule has 0 bridgehead atoms. The molecular weight excluding hydrogens is 525 g/mol. The highest BCUT2D eigenvalue weighted by atomic mass is 19.4. The van der Waals surface area contributed by atoms with Gasteiger partial charge in [-0.2, -0.15) is 13.2 Å². The minimum absolute atomic E-state index is 0.169. The Morgan fingerprint density at radius 2 is 1.82 bits per heavy atom. The number of anilines is 1. The molecule has 3 aromatic rings. The molecule has 1 N–H and O–H groups in total. The molecule has 208 valence electrons. The Morgan fingerprint density at radius 1 is 1.07 bits per heavy atom. The van der Waals surface area contributed by atoms with E-state index < -0.39 is 23.8 Å². The van der Waals surface area contributed by atoms with Gasteiger partial charge in [0.25, 0.3) is 0 Å². The van der Waals surface area contributed by atoms with Gasteiger partial charge in [0.15, 0.2) is 0 Å². The first kappa shape index (κ1) is 26.0. The summed E-state index contributed by atoms with van der Waals surface area (Å²) in [5.41, 5.74) is 2.79. The van der Waals surface area contributed by atoms with E-state index in [4.69, 9.17) is 9.72 Å². The lowest BCUT2D eigenvalue weighted by Crippen LogP contribution is -2.51. The molecule has 10 nitrogen and oxygen atoms in total. The minimum atomic E-state index is -4.54. The molecule has 3 aliphatic rings. The Balaban J connectivity index is 1.44. The predicted molar refractivity (Wildman–Crippen MR) is 142 cm³/mol. The number of halogens is 3. The van der Waals surface area contributed by atoms with Crippen molar-refractivity contribution in [1.82, 2.24) is 35.1 Å². The van der Waals surface area contributed by atoms with Gasteiger partial charge in [-0.15, -0.1) is 0 Å². The molecule has 13 heteroatoms. The third-order valence-electron chi connectivity index (χ3n) is 7.38. The van der Waals surface area contributed by atoms with E-state index in [1.165, 1.54) is 23.0 Å². The predicted octanol–water partition coefficient (Wildman–Crippen LogP) is 3.52. The van der Waals surface area contributed by atoms with Crippen molar-refractivity contribution < 1.29 is 22.7 Å². The smallest absolute Gasteiger partial charge is 0.414 e. The van der Waals surface area contributed by atoms with Crippen LogP contribution in [0.4, 0.5) is 23.7 Å². The number of ether oxygens (including phenoxy) is 1. The second-order valence-corrected chi connectivity index (χ2v) is 9.89. The van der Waals surface area contributed by atoms with Crippen molar-refractivity contribution in [2.45, 2.75) is 25.2 Å². The molecule has 0 spiro atoms. The van der Waals surface area contributed by atoms with Gasteiger partial charge in [-0.3, -0.25) is 9.88 Å². The number of carbonyl (C=O) groups excluding carboxylic acids is 1. The number of carbonyl (C=O) groups is 1. The highest BCUT2D eigenvalue weighted by Crippen LogP contribution is 2.42. The van der Waals surface area contributed by atoms with E-state index in [-0.39, 0.29) is 24.7 Å². The van der Waals surface area contributed by atoms with E-state index in [2.05, 4.69) is 20.3 Å². The van der Waals surface area contributed by atoms with Crippen LogP contribution in [0.15, 0.2) is 54.1 Å². The highest BCUT2D eigenvalue weighted by Gasteiger charge is 2.43. The normalized spacial score (nSPS) is 19.9. The van der Waals surface area contributed by atoms with E-state index in [1.807, 2.05) is 0 Å². The third kappa shape index (κ3) is 4.59. The Bertz CT molecular complexity index is 1520. The fourth-order valence-electron chi connectivity index (χ4n) is 5.43. The van der Waals surface area contributed by atoms with E-state index in [0.29, 0.717) is 59.7 Å². The second-order valence-electron chi connectivity index (χ2n) is 9.89. The molecule has 1 fully saturated rings. The van der Waals surface area contributed by atoms with Crippen LogP contribution in [0.2, 0.25) is 0 Å². The number of pyridine rings is 2. The average molecular weight is 553 g/mol. The topological polar surface area (TPSA) is 99.6 Å². The number of amides is 2. The number of allylic oxidation sites excluding steroid dienone is 1. The Hall–Kier alpha value is -4.26. The fraction of sp³-hybridized carbons (Fsp3) is 0.370. The molecule has 1 atom stereocenters. The molecule has 1 aliphatic carbocycles. The molecule has 0 aromatic carbocycles. The number of urea groups is 1. The number of rotatable bonds is 4. The summed E-state index contributed by atoms with van der Waals surface area (Å²) < 4.78 is 48.3. The Morgan fingerprint density at radius 3 is 2.52 bits per heavy atom. The Labute approximate surface area is 228 Å². The molecule has 0 radical (unpaired) electrons. The average Bonchev–Trinajstić information content (AvgIpc) is 2.97. The van der Waals surface area contributed by atoms with Gasteiger partial charge in [0.1, 0.15) is 5.52 Å². The second kappa shape index (κ2) is 10.0. The number of aromatic nitrogens is 4. The molecule has 1 unspecified atom stereocenters. The number of piperazine rings is 1. The van der Waals surface area contributed by atoms with Gasteiger partial charge < -0.3 is 19.9 Å². The van der Waals surface area contributed by atoms with Crippen molar-refractivity contribution in [3.8, 4) is 17.3 Å². The van der Waals surface area contributed by atoms with Gasteiger partial charge in [0.2, 0.25) is 0 Å². The molecular formula is C27H27F3N8O2. The van der Waals surface area contributed by atoms with Gasteiger partial charge in [-0.1, -0.05) is 6.08 Å². The van der Waals surface area contributed by atoms with Crippen molar-refractivity contribution in [3.05, 3.63) is 59.7 Å². The van der Waals surface area contributed by atoms with E-state index in [0.717, 1.165) is 0 Å². The summed E-state index contributed by atoms with van der Waals surface area (Å²) in [6.45, 7) is 2.45.